The van der Waals surface area contributed by atoms with Crippen molar-refractivity contribution in [3.63, 3.8) is 0 Å². The van der Waals surface area contributed by atoms with Gasteiger partial charge in [-0.15, -0.1) is 16.4 Å². The topological polar surface area (TPSA) is 97.6 Å². The number of aliphatic hydroxyl groups is 1. The van der Waals surface area contributed by atoms with Crippen molar-refractivity contribution < 1.29 is 19.4 Å². The number of likely N-dealkylation sites (tertiary alicyclic amines) is 1. The highest BCUT2D eigenvalue weighted by atomic mass is 32.1. The van der Waals surface area contributed by atoms with Gasteiger partial charge in [0.2, 0.25) is 0 Å². The van der Waals surface area contributed by atoms with Crippen molar-refractivity contribution in [2.24, 2.45) is 0 Å². The van der Waals surface area contributed by atoms with E-state index in [1.54, 1.807) is 46.1 Å². The van der Waals surface area contributed by atoms with E-state index < -0.39 is 18.1 Å². The number of aryl methyl sites for hydroxylation is 1. The Balaban J connectivity index is 1.34. The lowest BCUT2D eigenvalue weighted by atomic mass is 9.89. The van der Waals surface area contributed by atoms with Crippen LogP contribution >= 0.6 is 11.3 Å². The number of aliphatic hydroxyl groups excluding tert-OH is 1. The van der Waals surface area contributed by atoms with Gasteiger partial charge in [0.1, 0.15) is 12.3 Å². The van der Waals surface area contributed by atoms with Crippen LogP contribution in [-0.4, -0.2) is 49.5 Å². The van der Waals surface area contributed by atoms with Crippen LogP contribution in [0.2, 0.25) is 0 Å². The normalized spacial score (nSPS) is 19.7. The number of nitrogens with zero attached hydrogens (tertiary/aromatic N) is 4. The van der Waals surface area contributed by atoms with Crippen molar-refractivity contribution >= 4 is 23.2 Å². The third-order valence-electron chi connectivity index (χ3n) is 6.38. The lowest BCUT2D eigenvalue weighted by molar-refractivity contribution is -0.00385. The van der Waals surface area contributed by atoms with Gasteiger partial charge in [-0.25, -0.2) is 9.48 Å². The molecular weight excluding hydrogens is 476 g/mol. The fraction of sp³-hybridized carbons (Fsp3) is 0.259. The first kappa shape index (κ1) is 23.9. The predicted octanol–water partition coefficient (Wildman–Crippen LogP) is 4.19. The Bertz CT molecular complexity index is 1320. The highest BCUT2D eigenvalue weighted by molar-refractivity contribution is 7.12. The van der Waals surface area contributed by atoms with Crippen LogP contribution in [0, 0.1) is 6.92 Å². The average molecular weight is 503 g/mol. The third-order valence-corrected chi connectivity index (χ3v) is 7.24. The van der Waals surface area contributed by atoms with E-state index in [1.165, 1.54) is 11.3 Å². The minimum Gasteiger partial charge on any atom is -0.455 e. The van der Waals surface area contributed by atoms with Crippen molar-refractivity contribution in [1.82, 2.24) is 19.9 Å². The zero-order valence-electron chi connectivity index (χ0n) is 19.7. The number of β-amino-alcohol motifs (C(OH)–C–C–N with tert-alkyl or cyclic N) is 1. The molecule has 4 aromatic rings. The number of carbonyl (C=O) groups is 2. The third kappa shape index (κ3) is 5.07. The molecule has 2 aromatic carbocycles. The summed E-state index contributed by atoms with van der Waals surface area (Å²) in [6, 6.07) is 19.9. The summed E-state index contributed by atoms with van der Waals surface area (Å²) in [4.78, 5) is 27.9. The van der Waals surface area contributed by atoms with Crippen LogP contribution in [-0.2, 0) is 11.3 Å². The lowest BCUT2D eigenvalue weighted by Crippen LogP contribution is -2.49. The summed E-state index contributed by atoms with van der Waals surface area (Å²) in [5, 5.41) is 21.3. The SMILES string of the molecule is Cc1ccc([C@H]2C[C@@H](n3cc(COC(=O)c4ccccc4)nn3)[C@H](O)CN2C(=O)c2cccs2)cc1. The van der Waals surface area contributed by atoms with E-state index in [2.05, 4.69) is 10.3 Å². The molecule has 36 heavy (non-hydrogen) atoms. The molecule has 1 N–H and O–H groups in total. The summed E-state index contributed by atoms with van der Waals surface area (Å²) in [6.07, 6.45) is 1.32. The van der Waals surface area contributed by atoms with Gasteiger partial charge in [-0.1, -0.05) is 59.3 Å². The largest absolute Gasteiger partial charge is 0.455 e. The van der Waals surface area contributed by atoms with Crippen LogP contribution in [0.25, 0.3) is 0 Å². The molecule has 0 spiro atoms. The van der Waals surface area contributed by atoms with E-state index in [-0.39, 0.29) is 25.1 Å². The van der Waals surface area contributed by atoms with Crippen LogP contribution in [0.15, 0.2) is 78.3 Å². The molecule has 0 saturated carbocycles. The van der Waals surface area contributed by atoms with E-state index in [9.17, 15) is 14.7 Å². The minimum absolute atomic E-state index is 0.0269. The Kier molecular flexibility index (Phi) is 6.92. The van der Waals surface area contributed by atoms with Gasteiger partial charge in [-0.2, -0.15) is 0 Å². The highest BCUT2D eigenvalue weighted by Gasteiger charge is 2.40. The molecule has 1 aliphatic rings. The second-order valence-electron chi connectivity index (χ2n) is 8.86. The standard InChI is InChI=1S/C27H26N4O4S/c1-18-9-11-19(12-10-18)22-14-23(24(32)16-30(22)26(33)25-8-5-13-36-25)31-15-21(28-29-31)17-35-27(34)20-6-3-2-4-7-20/h2-13,15,22-24,32H,14,16-17H2,1H3/t22-,23-,24-/m1/s1. The number of thiophene rings is 1. The maximum Gasteiger partial charge on any atom is 0.338 e. The molecule has 9 heteroatoms. The molecule has 5 rings (SSSR count). The maximum atomic E-state index is 13.3. The number of esters is 1. The smallest absolute Gasteiger partial charge is 0.338 e. The molecule has 184 valence electrons. The Morgan fingerprint density at radius 3 is 2.58 bits per heavy atom. The Morgan fingerprint density at radius 2 is 1.86 bits per heavy atom. The van der Waals surface area contributed by atoms with Crippen LogP contribution < -0.4 is 0 Å². The quantitative estimate of drug-likeness (QED) is 0.397. The Hall–Kier alpha value is -3.82. The predicted molar refractivity (Wildman–Crippen MR) is 135 cm³/mol. The molecule has 1 aliphatic heterocycles. The molecule has 1 amide bonds. The molecule has 8 nitrogen and oxygen atoms in total. The summed E-state index contributed by atoms with van der Waals surface area (Å²) < 4.78 is 6.98. The number of hydrogen-bond acceptors (Lipinski definition) is 7. The molecule has 3 heterocycles. The second kappa shape index (κ2) is 10.4. The minimum atomic E-state index is -0.836. The summed E-state index contributed by atoms with van der Waals surface area (Å²) in [5.74, 6) is -0.537. The first-order valence-electron chi connectivity index (χ1n) is 11.7. The first-order valence-corrected chi connectivity index (χ1v) is 12.6. The van der Waals surface area contributed by atoms with E-state index in [1.807, 2.05) is 48.7 Å². The van der Waals surface area contributed by atoms with E-state index in [0.29, 0.717) is 22.6 Å². The fourth-order valence-corrected chi connectivity index (χ4v) is 5.14. The van der Waals surface area contributed by atoms with E-state index in [0.717, 1.165) is 11.1 Å². The number of benzene rings is 2. The van der Waals surface area contributed by atoms with Crippen molar-refractivity contribution in [1.29, 1.82) is 0 Å². The number of carbonyl (C=O) groups excluding carboxylic acids is 2. The maximum absolute atomic E-state index is 13.3. The van der Waals surface area contributed by atoms with Crippen molar-refractivity contribution in [3.8, 4) is 0 Å². The number of amides is 1. The first-order chi connectivity index (χ1) is 17.5. The molecule has 0 aliphatic carbocycles. The molecule has 2 aromatic heterocycles. The highest BCUT2D eigenvalue weighted by Crippen LogP contribution is 2.38. The lowest BCUT2D eigenvalue weighted by Gasteiger charge is -2.42. The van der Waals surface area contributed by atoms with Gasteiger partial charge in [0.25, 0.3) is 5.91 Å². The van der Waals surface area contributed by atoms with Gasteiger partial charge in [-0.05, 0) is 42.5 Å². The van der Waals surface area contributed by atoms with Crippen molar-refractivity contribution in [3.05, 3.63) is 106 Å². The second-order valence-corrected chi connectivity index (χ2v) is 9.81. The fourth-order valence-electron chi connectivity index (χ4n) is 4.46. The van der Waals surface area contributed by atoms with E-state index >= 15 is 0 Å². The monoisotopic (exact) mass is 502 g/mol. The molecule has 1 saturated heterocycles. The van der Waals surface area contributed by atoms with E-state index in [4.69, 9.17) is 4.74 Å². The molecule has 1 fully saturated rings. The average Bonchev–Trinajstić information content (AvgIpc) is 3.61. The number of aromatic nitrogens is 3. The van der Waals surface area contributed by atoms with Crippen LogP contribution in [0.1, 0.15) is 55.4 Å². The van der Waals surface area contributed by atoms with Gasteiger partial charge in [0.05, 0.1) is 34.8 Å². The zero-order chi connectivity index (χ0) is 25.1. The molecule has 0 unspecified atom stereocenters. The summed E-state index contributed by atoms with van der Waals surface area (Å²) in [6.45, 7) is 2.16. The molecule has 3 atom stereocenters. The van der Waals surface area contributed by atoms with Crippen molar-refractivity contribution in [2.45, 2.75) is 38.1 Å². The van der Waals surface area contributed by atoms with Crippen LogP contribution in [0.5, 0.6) is 0 Å². The number of ether oxygens (including phenoxy) is 1. The van der Waals surface area contributed by atoms with Gasteiger partial charge in [0, 0.05) is 6.54 Å². The molecular formula is C27H26N4O4S. The summed E-state index contributed by atoms with van der Waals surface area (Å²) in [7, 11) is 0. The number of rotatable bonds is 6. The van der Waals surface area contributed by atoms with Gasteiger partial charge >= 0.3 is 5.97 Å². The van der Waals surface area contributed by atoms with Gasteiger partial charge in [0.15, 0.2) is 0 Å². The Morgan fingerprint density at radius 1 is 1.08 bits per heavy atom. The number of piperidine rings is 1. The van der Waals surface area contributed by atoms with Crippen LogP contribution in [0.3, 0.4) is 0 Å². The summed E-state index contributed by atoms with van der Waals surface area (Å²) >= 11 is 1.39. The van der Waals surface area contributed by atoms with Gasteiger partial charge < -0.3 is 14.7 Å². The Labute approximate surface area is 212 Å². The molecule has 0 radical (unpaired) electrons. The van der Waals surface area contributed by atoms with Crippen molar-refractivity contribution in [2.75, 3.05) is 6.54 Å². The number of hydrogen-bond donors (Lipinski definition) is 1. The zero-order valence-corrected chi connectivity index (χ0v) is 20.5. The molecule has 0 bridgehead atoms. The van der Waals surface area contributed by atoms with Crippen LogP contribution in [0.4, 0.5) is 0 Å². The summed E-state index contributed by atoms with van der Waals surface area (Å²) in [5.41, 5.74) is 3.08. The van der Waals surface area contributed by atoms with Gasteiger partial charge in [-0.3, -0.25) is 4.79 Å².